The summed E-state index contributed by atoms with van der Waals surface area (Å²) in [4.78, 5) is 0. The Hall–Kier alpha value is 0.0569. The molecule has 0 aliphatic rings. The topological polar surface area (TPSA) is 64.7 Å². The van der Waals surface area contributed by atoms with Gasteiger partial charge in [0.2, 0.25) is 0 Å². The predicted molar refractivity (Wildman–Crippen MR) is 66.8 cm³/mol. The Morgan fingerprint density at radius 2 is 1.67 bits per heavy atom. The third-order valence-electron chi connectivity index (χ3n) is 1.60. The van der Waals surface area contributed by atoms with Crippen LogP contribution in [0.25, 0.3) is 0 Å². The van der Waals surface area contributed by atoms with Crippen LogP contribution in [0.5, 0.6) is 0 Å². The molecule has 0 aromatic rings. The molecule has 0 bridgehead atoms. The Balaban J connectivity index is 0. The molecule has 0 radical (unpaired) electrons. The Bertz CT molecular complexity index is 101. The largest absolute Gasteiger partial charge is 0.397 e. The SMILES string of the molecule is CCO.CCOC(OCC)[SiH2]CCCN. The number of hydrogen-bond donors (Lipinski definition) is 2. The van der Waals surface area contributed by atoms with E-state index in [1.54, 1.807) is 6.92 Å². The summed E-state index contributed by atoms with van der Waals surface area (Å²) >= 11 is 0. The van der Waals surface area contributed by atoms with Crippen LogP contribution in [0.3, 0.4) is 0 Å². The van der Waals surface area contributed by atoms with Crippen molar-refractivity contribution in [2.75, 3.05) is 26.4 Å². The summed E-state index contributed by atoms with van der Waals surface area (Å²) in [7, 11) is -0.232. The van der Waals surface area contributed by atoms with Crippen LogP contribution in [0.1, 0.15) is 27.2 Å². The molecule has 0 aliphatic carbocycles. The van der Waals surface area contributed by atoms with E-state index in [2.05, 4.69) is 0 Å². The highest BCUT2D eigenvalue weighted by molar-refractivity contribution is 6.36. The van der Waals surface area contributed by atoms with Crippen LogP contribution in [-0.2, 0) is 9.47 Å². The molecule has 15 heavy (non-hydrogen) atoms. The highest BCUT2D eigenvalue weighted by Gasteiger charge is 2.06. The van der Waals surface area contributed by atoms with Crippen LogP contribution in [-0.4, -0.2) is 46.9 Å². The second-order valence-electron chi connectivity index (χ2n) is 2.94. The number of ether oxygens (including phenoxy) is 2. The van der Waals surface area contributed by atoms with Gasteiger partial charge in [0, 0.05) is 19.8 Å². The van der Waals surface area contributed by atoms with Crippen LogP contribution < -0.4 is 5.73 Å². The van der Waals surface area contributed by atoms with E-state index >= 15 is 0 Å². The first kappa shape index (κ1) is 17.5. The average Bonchev–Trinajstić information content (AvgIpc) is 2.20. The van der Waals surface area contributed by atoms with Gasteiger partial charge in [0.05, 0.1) is 9.52 Å². The molecule has 3 N–H and O–H groups in total. The molecule has 0 heterocycles. The lowest BCUT2D eigenvalue weighted by Crippen LogP contribution is -2.24. The van der Waals surface area contributed by atoms with Crippen LogP contribution in [0.4, 0.5) is 0 Å². The van der Waals surface area contributed by atoms with E-state index in [0.29, 0.717) is 0 Å². The van der Waals surface area contributed by atoms with Gasteiger partial charge in [-0.1, -0.05) is 6.04 Å². The molecule has 0 saturated heterocycles. The Morgan fingerprint density at radius 1 is 1.20 bits per heavy atom. The highest BCUT2D eigenvalue weighted by atomic mass is 28.2. The molecule has 0 atom stereocenters. The van der Waals surface area contributed by atoms with E-state index < -0.39 is 0 Å². The maximum absolute atomic E-state index is 7.57. The summed E-state index contributed by atoms with van der Waals surface area (Å²) in [6.45, 7) is 8.23. The number of aliphatic hydroxyl groups excluding tert-OH is 1. The van der Waals surface area contributed by atoms with E-state index in [0.717, 1.165) is 26.2 Å². The first-order valence-electron chi connectivity index (χ1n) is 5.80. The molecule has 0 aliphatic heterocycles. The highest BCUT2D eigenvalue weighted by Crippen LogP contribution is 1.97. The van der Waals surface area contributed by atoms with Crippen LogP contribution in [0.2, 0.25) is 6.04 Å². The van der Waals surface area contributed by atoms with Crippen molar-refractivity contribution in [1.82, 2.24) is 0 Å². The van der Waals surface area contributed by atoms with E-state index in [-0.39, 0.29) is 22.0 Å². The minimum absolute atomic E-state index is 0.117. The molecule has 0 amide bonds. The van der Waals surface area contributed by atoms with E-state index in [4.69, 9.17) is 20.3 Å². The van der Waals surface area contributed by atoms with Gasteiger partial charge in [-0.15, -0.1) is 0 Å². The molecule has 0 fully saturated rings. The minimum atomic E-state index is -0.232. The maximum atomic E-state index is 7.57. The number of nitrogens with two attached hydrogens (primary N) is 1. The quantitative estimate of drug-likeness (QED) is 0.361. The van der Waals surface area contributed by atoms with Crippen molar-refractivity contribution in [1.29, 1.82) is 0 Å². The van der Waals surface area contributed by atoms with Gasteiger partial charge in [0.15, 0.2) is 0 Å². The van der Waals surface area contributed by atoms with Gasteiger partial charge >= 0.3 is 0 Å². The Kier molecular flexibility index (Phi) is 19.2. The zero-order valence-electron chi connectivity index (χ0n) is 10.4. The normalized spacial score (nSPS) is 10.8. The summed E-state index contributed by atoms with van der Waals surface area (Å²) in [6.07, 6.45) is 1.11. The molecule has 4 nitrogen and oxygen atoms in total. The first-order valence-corrected chi connectivity index (χ1v) is 7.62. The molecule has 0 aromatic carbocycles. The summed E-state index contributed by atoms with van der Waals surface area (Å²) in [5.74, 6) is 0.117. The van der Waals surface area contributed by atoms with Gasteiger partial charge in [0.25, 0.3) is 0 Å². The van der Waals surface area contributed by atoms with E-state index in [1.807, 2.05) is 13.8 Å². The van der Waals surface area contributed by atoms with Gasteiger partial charge in [0.1, 0.15) is 5.91 Å². The van der Waals surface area contributed by atoms with Crippen molar-refractivity contribution in [3.63, 3.8) is 0 Å². The van der Waals surface area contributed by atoms with Crippen LogP contribution in [0, 0.1) is 0 Å². The Labute approximate surface area is 96.0 Å². The van der Waals surface area contributed by atoms with Crippen LogP contribution >= 0.6 is 0 Å². The summed E-state index contributed by atoms with van der Waals surface area (Å²) < 4.78 is 10.9. The zero-order chi connectivity index (χ0) is 11.9. The van der Waals surface area contributed by atoms with E-state index in [1.165, 1.54) is 6.04 Å². The fraction of sp³-hybridized carbons (Fsp3) is 1.00. The predicted octanol–water partition coefficient (Wildman–Crippen LogP) is 0.277. The van der Waals surface area contributed by atoms with Crippen molar-refractivity contribution in [3.05, 3.63) is 0 Å². The lowest BCUT2D eigenvalue weighted by atomic mass is 10.5. The summed E-state index contributed by atoms with van der Waals surface area (Å²) in [5, 5.41) is 7.57. The number of rotatable bonds is 8. The van der Waals surface area contributed by atoms with Gasteiger partial charge in [-0.3, -0.25) is 0 Å². The smallest absolute Gasteiger partial charge is 0.134 e. The molecule has 0 unspecified atom stereocenters. The fourth-order valence-corrected chi connectivity index (χ4v) is 2.76. The molecule has 0 aromatic heterocycles. The lowest BCUT2D eigenvalue weighted by molar-refractivity contribution is -0.0827. The lowest BCUT2D eigenvalue weighted by Gasteiger charge is -2.15. The summed E-state index contributed by atoms with van der Waals surface area (Å²) in [5.41, 5.74) is 5.40. The third kappa shape index (κ3) is 16.7. The van der Waals surface area contributed by atoms with Crippen LogP contribution in [0.15, 0.2) is 0 Å². The van der Waals surface area contributed by atoms with Gasteiger partial charge < -0.3 is 20.3 Å². The molecule has 0 spiro atoms. The third-order valence-corrected chi connectivity index (χ3v) is 3.45. The zero-order valence-corrected chi connectivity index (χ0v) is 11.8. The van der Waals surface area contributed by atoms with Gasteiger partial charge in [-0.25, -0.2) is 0 Å². The average molecular weight is 237 g/mol. The summed E-state index contributed by atoms with van der Waals surface area (Å²) in [6, 6.07) is 1.22. The van der Waals surface area contributed by atoms with Gasteiger partial charge in [-0.05, 0) is 33.7 Å². The molecule has 0 rings (SSSR count). The van der Waals surface area contributed by atoms with Crippen molar-refractivity contribution in [2.24, 2.45) is 5.73 Å². The molecule has 0 saturated carbocycles. The van der Waals surface area contributed by atoms with Crippen molar-refractivity contribution in [2.45, 2.75) is 39.1 Å². The minimum Gasteiger partial charge on any atom is -0.397 e. The van der Waals surface area contributed by atoms with E-state index in [9.17, 15) is 0 Å². The molecular weight excluding hydrogens is 210 g/mol. The Morgan fingerprint density at radius 3 is 2.00 bits per heavy atom. The van der Waals surface area contributed by atoms with Crippen molar-refractivity contribution >= 4 is 9.52 Å². The number of aliphatic hydroxyl groups is 1. The molecular formula is C10H27NO3Si. The number of hydrogen-bond acceptors (Lipinski definition) is 4. The maximum Gasteiger partial charge on any atom is 0.134 e. The van der Waals surface area contributed by atoms with Crippen molar-refractivity contribution in [3.8, 4) is 0 Å². The fourth-order valence-electron chi connectivity index (χ4n) is 1.04. The second-order valence-corrected chi connectivity index (χ2v) is 4.89. The standard InChI is InChI=1S/C8H21NO2Si.C2H6O/c1-3-10-8(11-4-2)12-7-5-6-9;1-2-3/h8H,3-7,9,12H2,1-2H3;3H,2H2,1H3. The monoisotopic (exact) mass is 237 g/mol. The van der Waals surface area contributed by atoms with Crippen molar-refractivity contribution < 1.29 is 14.6 Å². The second kappa shape index (κ2) is 16.5. The first-order chi connectivity index (χ1) is 7.26. The molecule has 94 valence electrons. The van der Waals surface area contributed by atoms with Gasteiger partial charge in [-0.2, -0.15) is 0 Å². The molecule has 5 heteroatoms.